The minimum atomic E-state index is -0.675. The number of hydrogen-bond donors (Lipinski definition) is 2. The summed E-state index contributed by atoms with van der Waals surface area (Å²) in [6, 6.07) is 4.81. The molecule has 0 bridgehead atoms. The first kappa shape index (κ1) is 14.7. The zero-order chi connectivity index (χ0) is 15.6. The Labute approximate surface area is 121 Å². The second-order valence-corrected chi connectivity index (χ2v) is 4.70. The van der Waals surface area contributed by atoms with Gasteiger partial charge in [-0.1, -0.05) is 19.1 Å². The van der Waals surface area contributed by atoms with Crippen LogP contribution in [0.15, 0.2) is 35.5 Å². The summed E-state index contributed by atoms with van der Waals surface area (Å²) in [5, 5.41) is 16.1. The highest BCUT2D eigenvalue weighted by molar-refractivity contribution is 5.99. The molecule has 110 valence electrons. The van der Waals surface area contributed by atoms with E-state index in [1.165, 1.54) is 18.2 Å². The molecule has 2 rings (SSSR count). The van der Waals surface area contributed by atoms with Gasteiger partial charge in [-0.25, -0.2) is 4.79 Å². The van der Waals surface area contributed by atoms with E-state index >= 15 is 0 Å². The molecule has 0 radical (unpaired) electrons. The molecule has 1 aromatic carbocycles. The van der Waals surface area contributed by atoms with E-state index < -0.39 is 17.0 Å². The first-order valence-electron chi connectivity index (χ1n) is 6.50. The Balaban J connectivity index is 2.51. The molecule has 2 amide bonds. The van der Waals surface area contributed by atoms with Crippen molar-refractivity contribution in [2.45, 2.75) is 26.3 Å². The number of urea groups is 1. The quantitative estimate of drug-likeness (QED) is 0.655. The molecule has 2 N–H and O–H groups in total. The number of rotatable bonds is 4. The van der Waals surface area contributed by atoms with Crippen LogP contribution in [0.3, 0.4) is 0 Å². The summed E-state index contributed by atoms with van der Waals surface area (Å²) in [5.74, 6) is -0.114. The molecule has 0 fully saturated rings. The lowest BCUT2D eigenvalue weighted by atomic mass is 9.91. The van der Waals surface area contributed by atoms with Crippen LogP contribution in [0.2, 0.25) is 0 Å². The van der Waals surface area contributed by atoms with Gasteiger partial charge in [-0.05, 0) is 12.5 Å². The third-order valence-electron chi connectivity index (χ3n) is 3.31. The second-order valence-electron chi connectivity index (χ2n) is 4.70. The normalized spacial score (nSPS) is 18.0. The molecular weight excluding hydrogens is 274 g/mol. The number of nitro groups is 1. The van der Waals surface area contributed by atoms with Crippen molar-refractivity contribution >= 4 is 17.5 Å². The van der Waals surface area contributed by atoms with Crippen LogP contribution in [-0.2, 0) is 4.79 Å². The van der Waals surface area contributed by atoms with Crippen LogP contribution in [0.25, 0.3) is 0 Å². The van der Waals surface area contributed by atoms with Gasteiger partial charge in [0.25, 0.3) is 5.69 Å². The van der Waals surface area contributed by atoms with E-state index in [0.717, 1.165) is 0 Å². The standard InChI is InChI=1S/C14H15N3O4/c1-3-11(18)12-8(2)15-14(19)16-13(12)9-5-4-6-10(7-9)17(20)21/h4-7,13H,3H2,1-2H3,(H2,15,16,19). The van der Waals surface area contributed by atoms with Gasteiger partial charge in [0.15, 0.2) is 5.78 Å². The van der Waals surface area contributed by atoms with Gasteiger partial charge in [0.1, 0.15) is 0 Å². The molecule has 1 atom stereocenters. The number of non-ortho nitro benzene ring substituents is 1. The average Bonchev–Trinajstić information content (AvgIpc) is 2.45. The first-order chi connectivity index (χ1) is 9.93. The van der Waals surface area contributed by atoms with E-state index in [1.807, 2.05) is 0 Å². The number of carbonyl (C=O) groups is 2. The molecule has 0 aromatic heterocycles. The number of allylic oxidation sites excluding steroid dienone is 1. The minimum absolute atomic E-state index is 0.0822. The monoisotopic (exact) mass is 289 g/mol. The Kier molecular flexibility index (Phi) is 4.02. The van der Waals surface area contributed by atoms with Gasteiger partial charge in [-0.15, -0.1) is 0 Å². The zero-order valence-electron chi connectivity index (χ0n) is 11.7. The smallest absolute Gasteiger partial charge is 0.319 e. The number of nitro benzene ring substituents is 1. The van der Waals surface area contributed by atoms with Gasteiger partial charge < -0.3 is 10.6 Å². The van der Waals surface area contributed by atoms with Gasteiger partial charge >= 0.3 is 6.03 Å². The van der Waals surface area contributed by atoms with Crippen molar-refractivity contribution < 1.29 is 14.5 Å². The van der Waals surface area contributed by atoms with Crippen molar-refractivity contribution in [2.75, 3.05) is 0 Å². The minimum Gasteiger partial charge on any atom is -0.327 e. The van der Waals surface area contributed by atoms with Crippen LogP contribution in [0.4, 0.5) is 10.5 Å². The predicted octanol–water partition coefficient (Wildman–Crippen LogP) is 2.20. The molecule has 1 aliphatic rings. The number of ketones is 1. The first-order valence-corrected chi connectivity index (χ1v) is 6.50. The maximum absolute atomic E-state index is 12.1. The number of nitrogens with one attached hydrogen (secondary N) is 2. The number of benzene rings is 1. The SMILES string of the molecule is CCC(=O)C1=C(C)NC(=O)NC1c1cccc([N+](=O)[O-])c1. The Bertz CT molecular complexity index is 651. The summed E-state index contributed by atoms with van der Waals surface area (Å²) >= 11 is 0. The van der Waals surface area contributed by atoms with Crippen molar-refractivity contribution in [1.82, 2.24) is 10.6 Å². The molecule has 1 heterocycles. The molecule has 0 spiro atoms. The van der Waals surface area contributed by atoms with Crippen LogP contribution in [-0.4, -0.2) is 16.7 Å². The van der Waals surface area contributed by atoms with E-state index in [9.17, 15) is 19.7 Å². The molecule has 0 saturated heterocycles. The van der Waals surface area contributed by atoms with Gasteiger partial charge in [-0.2, -0.15) is 0 Å². The average molecular weight is 289 g/mol. The van der Waals surface area contributed by atoms with Gasteiger partial charge in [-0.3, -0.25) is 14.9 Å². The Morgan fingerprint density at radius 3 is 2.76 bits per heavy atom. The fourth-order valence-corrected chi connectivity index (χ4v) is 2.32. The van der Waals surface area contributed by atoms with Crippen LogP contribution in [0.1, 0.15) is 31.9 Å². The lowest BCUT2D eigenvalue weighted by Gasteiger charge is -2.28. The highest BCUT2D eigenvalue weighted by atomic mass is 16.6. The van der Waals surface area contributed by atoms with Crippen molar-refractivity contribution in [1.29, 1.82) is 0 Å². The van der Waals surface area contributed by atoms with Crippen LogP contribution >= 0.6 is 0 Å². The fourth-order valence-electron chi connectivity index (χ4n) is 2.32. The molecule has 7 nitrogen and oxygen atoms in total. The highest BCUT2D eigenvalue weighted by Gasteiger charge is 2.30. The predicted molar refractivity (Wildman–Crippen MR) is 75.5 cm³/mol. The Hall–Kier alpha value is -2.70. The third kappa shape index (κ3) is 2.91. The molecule has 1 aliphatic heterocycles. The maximum atomic E-state index is 12.1. The molecule has 0 saturated carbocycles. The van der Waals surface area contributed by atoms with Crippen molar-refractivity contribution in [2.24, 2.45) is 0 Å². The van der Waals surface area contributed by atoms with Gasteiger partial charge in [0, 0.05) is 29.8 Å². The number of hydrogen-bond acceptors (Lipinski definition) is 4. The summed E-state index contributed by atoms with van der Waals surface area (Å²) in [4.78, 5) is 34.1. The van der Waals surface area contributed by atoms with Crippen LogP contribution in [0, 0.1) is 10.1 Å². The summed E-state index contributed by atoms with van der Waals surface area (Å²) in [5.41, 5.74) is 1.33. The molecule has 1 unspecified atom stereocenters. The Morgan fingerprint density at radius 2 is 2.14 bits per heavy atom. The number of nitrogens with zero attached hydrogens (tertiary/aromatic N) is 1. The van der Waals surface area contributed by atoms with E-state index in [0.29, 0.717) is 16.8 Å². The fraction of sp³-hybridized carbons (Fsp3) is 0.286. The third-order valence-corrected chi connectivity index (χ3v) is 3.31. The van der Waals surface area contributed by atoms with E-state index in [1.54, 1.807) is 19.9 Å². The number of Topliss-reactive ketones (excluding diaryl/α,β-unsaturated/α-hetero) is 1. The topological polar surface area (TPSA) is 101 Å². The maximum Gasteiger partial charge on any atom is 0.319 e. The molecule has 1 aromatic rings. The van der Waals surface area contributed by atoms with Gasteiger partial charge in [0.2, 0.25) is 0 Å². The Morgan fingerprint density at radius 1 is 1.43 bits per heavy atom. The van der Waals surface area contributed by atoms with E-state index in [4.69, 9.17) is 0 Å². The van der Waals surface area contributed by atoms with Crippen LogP contribution in [0.5, 0.6) is 0 Å². The molecule has 0 aliphatic carbocycles. The molecule has 7 heteroatoms. The lowest BCUT2D eigenvalue weighted by molar-refractivity contribution is -0.384. The summed E-state index contributed by atoms with van der Waals surface area (Å²) in [6.45, 7) is 3.37. The van der Waals surface area contributed by atoms with E-state index in [-0.39, 0.29) is 17.9 Å². The lowest BCUT2D eigenvalue weighted by Crippen LogP contribution is -2.45. The van der Waals surface area contributed by atoms with Crippen molar-refractivity contribution in [3.63, 3.8) is 0 Å². The van der Waals surface area contributed by atoms with Crippen molar-refractivity contribution in [3.8, 4) is 0 Å². The largest absolute Gasteiger partial charge is 0.327 e. The van der Waals surface area contributed by atoms with Gasteiger partial charge in [0.05, 0.1) is 11.0 Å². The molecular formula is C14H15N3O4. The number of carbonyl (C=O) groups excluding carboxylic acids is 2. The summed E-state index contributed by atoms with van der Waals surface area (Å²) in [6.07, 6.45) is 0.287. The van der Waals surface area contributed by atoms with E-state index in [2.05, 4.69) is 10.6 Å². The van der Waals surface area contributed by atoms with Crippen molar-refractivity contribution in [3.05, 3.63) is 51.2 Å². The summed E-state index contributed by atoms with van der Waals surface area (Å²) < 4.78 is 0. The van der Waals surface area contributed by atoms with Crippen LogP contribution < -0.4 is 10.6 Å². The number of amides is 2. The zero-order valence-corrected chi connectivity index (χ0v) is 11.7. The molecule has 21 heavy (non-hydrogen) atoms. The summed E-state index contributed by atoms with van der Waals surface area (Å²) in [7, 11) is 0. The highest BCUT2D eigenvalue weighted by Crippen LogP contribution is 2.29. The second kappa shape index (κ2) is 5.74.